The number of aliphatic carboxylic acids is 3. The largest absolute Gasteiger partial charge is 0.481 e. The summed E-state index contributed by atoms with van der Waals surface area (Å²) in [5.74, 6) is -5.10. The summed E-state index contributed by atoms with van der Waals surface area (Å²) in [6.45, 7) is 4.84. The van der Waals surface area contributed by atoms with Crippen LogP contribution in [0.2, 0.25) is 10.0 Å². The van der Waals surface area contributed by atoms with Crippen molar-refractivity contribution in [2.75, 3.05) is 46.3 Å². The van der Waals surface area contributed by atoms with Crippen LogP contribution in [0.4, 0.5) is 4.79 Å². The number of hydrogen-bond donors (Lipinski definition) is 5. The normalized spacial score (nSPS) is 15.4. The van der Waals surface area contributed by atoms with Gasteiger partial charge in [0.05, 0.1) is 34.5 Å². The maximum Gasteiger partial charge on any atom is 0.336 e. The number of nitrogens with zero attached hydrogens (tertiary/aromatic N) is 4. The van der Waals surface area contributed by atoms with Crippen LogP contribution < -0.4 is 5.32 Å². The number of likely N-dealkylation sites (N-methyl/N-ethyl adjacent to an activating group) is 1. The second-order valence-corrected chi connectivity index (χ2v) is 14.3. The molecule has 17 heteroatoms. The molecule has 2 saturated heterocycles. The molecule has 0 saturated carbocycles. The third-order valence-corrected chi connectivity index (χ3v) is 10.4. The standard InChI is InChI=1S/C32H35Cl2N5O2.C6H8O7.H2O/c1-37(31(40)28-18-22(20-35)17-24-5-2-3-6-27(24)28)21-25(23-7-8-29(33)30(34)19-23)9-14-38-15-10-26(11-16-38)39-13-4-12-36-32(39)41;7-3(8)1-6(13,5(11)12)2-4(9)10;/h2-3,5-8,17-19,25-26H,4,9-16,21H2,1H3,(H,36,41);13H,1-2H2,(H,7,8)(H,9,10)(H,11,12);1H2/t25-;;/m1../s1. The molecule has 5 rings (SSSR count). The first-order chi connectivity index (χ1) is 25.6. The Balaban J connectivity index is 0.000000499. The fourth-order valence-corrected chi connectivity index (χ4v) is 7.11. The SMILES string of the molecule is CN(C[C@@H](CCN1CCC(N2CCCNC2=O)CC1)c1ccc(Cl)c(Cl)c1)C(=O)c1cc(C#N)cc2ccccc12.O.O=C(O)CC(O)(CC(=O)O)C(=O)O. The third-order valence-electron chi connectivity index (χ3n) is 9.67. The van der Waals surface area contributed by atoms with Gasteiger partial charge in [0.25, 0.3) is 5.91 Å². The fourth-order valence-electron chi connectivity index (χ4n) is 6.80. The average Bonchev–Trinajstić information content (AvgIpc) is 3.13. The minimum atomic E-state index is -2.74. The zero-order valence-corrected chi connectivity index (χ0v) is 31.7. The van der Waals surface area contributed by atoms with Crippen LogP contribution in [0.1, 0.15) is 65.9 Å². The highest BCUT2D eigenvalue weighted by Gasteiger charge is 2.41. The molecule has 0 aromatic heterocycles. The molecule has 55 heavy (non-hydrogen) atoms. The zero-order chi connectivity index (χ0) is 39.6. The van der Waals surface area contributed by atoms with E-state index in [2.05, 4.69) is 16.3 Å². The molecule has 3 amide bonds. The van der Waals surface area contributed by atoms with Gasteiger partial charge in [0, 0.05) is 57.3 Å². The summed E-state index contributed by atoms with van der Waals surface area (Å²) < 4.78 is 0. The van der Waals surface area contributed by atoms with Gasteiger partial charge in [0.15, 0.2) is 5.60 Å². The number of urea groups is 1. The molecule has 296 valence electrons. The van der Waals surface area contributed by atoms with Crippen molar-refractivity contribution in [2.45, 2.75) is 56.1 Å². The Bertz CT molecular complexity index is 1900. The number of carboxylic acid groups (broad SMARTS) is 3. The Hall–Kier alpha value is -4.98. The van der Waals surface area contributed by atoms with E-state index < -0.39 is 36.4 Å². The van der Waals surface area contributed by atoms with E-state index in [0.29, 0.717) is 33.8 Å². The highest BCUT2D eigenvalue weighted by molar-refractivity contribution is 6.42. The van der Waals surface area contributed by atoms with Crippen molar-refractivity contribution < 1.29 is 49.9 Å². The maximum atomic E-state index is 13.8. The molecule has 7 N–H and O–H groups in total. The van der Waals surface area contributed by atoms with E-state index in [-0.39, 0.29) is 23.3 Å². The first-order valence-electron chi connectivity index (χ1n) is 17.4. The van der Waals surface area contributed by atoms with E-state index in [1.54, 1.807) is 11.0 Å². The number of likely N-dealkylation sites (tertiary alicyclic amines) is 1. The van der Waals surface area contributed by atoms with E-state index in [9.17, 15) is 29.2 Å². The van der Waals surface area contributed by atoms with Gasteiger partial charge >= 0.3 is 23.9 Å². The number of carboxylic acids is 3. The Labute approximate surface area is 327 Å². The van der Waals surface area contributed by atoms with Gasteiger partial charge in [-0.15, -0.1) is 0 Å². The number of nitriles is 1. The maximum absolute atomic E-state index is 13.8. The molecule has 0 bridgehead atoms. The summed E-state index contributed by atoms with van der Waals surface area (Å²) in [5.41, 5.74) is -0.710. The Morgan fingerprint density at radius 2 is 1.64 bits per heavy atom. The number of benzene rings is 3. The molecule has 15 nitrogen and oxygen atoms in total. The number of hydrogen-bond acceptors (Lipinski definition) is 8. The number of nitrogens with one attached hydrogen (secondary N) is 1. The second kappa shape index (κ2) is 20.1. The molecular weight excluding hydrogens is 757 g/mol. The number of fused-ring (bicyclic) bond motifs is 1. The van der Waals surface area contributed by atoms with E-state index in [1.807, 2.05) is 60.5 Å². The minimum Gasteiger partial charge on any atom is -0.481 e. The second-order valence-electron chi connectivity index (χ2n) is 13.5. The van der Waals surface area contributed by atoms with Crippen LogP contribution in [0.25, 0.3) is 10.8 Å². The summed E-state index contributed by atoms with van der Waals surface area (Å²) in [7, 11) is 1.82. The Kier molecular flexibility index (Phi) is 16.2. The molecule has 0 spiro atoms. The molecule has 3 aromatic carbocycles. The molecule has 2 aliphatic rings. The van der Waals surface area contributed by atoms with Crippen LogP contribution in [0.5, 0.6) is 0 Å². The summed E-state index contributed by atoms with van der Waals surface area (Å²) in [6.07, 6.45) is 1.48. The number of aliphatic hydroxyl groups is 1. The summed E-state index contributed by atoms with van der Waals surface area (Å²) in [6, 6.07) is 19.4. The van der Waals surface area contributed by atoms with Crippen molar-refractivity contribution >= 4 is 63.8 Å². The van der Waals surface area contributed by atoms with Gasteiger partial charge in [-0.3, -0.25) is 14.4 Å². The Morgan fingerprint density at radius 1 is 0.982 bits per heavy atom. The van der Waals surface area contributed by atoms with E-state index in [1.165, 1.54) is 0 Å². The van der Waals surface area contributed by atoms with E-state index >= 15 is 0 Å². The van der Waals surface area contributed by atoms with Gasteiger partial charge < -0.3 is 45.9 Å². The van der Waals surface area contributed by atoms with Crippen molar-refractivity contribution in [1.29, 1.82) is 5.26 Å². The lowest BCUT2D eigenvalue weighted by molar-refractivity contribution is -0.170. The molecule has 0 radical (unpaired) electrons. The predicted octanol–water partition coefficient (Wildman–Crippen LogP) is 4.07. The van der Waals surface area contributed by atoms with Crippen molar-refractivity contribution in [2.24, 2.45) is 0 Å². The molecule has 1 atom stereocenters. The molecule has 3 aromatic rings. The number of amides is 3. The Morgan fingerprint density at radius 3 is 2.22 bits per heavy atom. The lowest BCUT2D eigenvalue weighted by Crippen LogP contribution is -2.54. The molecule has 2 fully saturated rings. The van der Waals surface area contributed by atoms with Gasteiger partial charge in [-0.25, -0.2) is 9.59 Å². The number of halogens is 2. The predicted molar refractivity (Wildman–Crippen MR) is 204 cm³/mol. The number of rotatable bonds is 13. The lowest BCUT2D eigenvalue weighted by atomic mass is 9.93. The highest BCUT2D eigenvalue weighted by Crippen LogP contribution is 2.31. The number of carbonyl (C=O) groups is 5. The first-order valence-corrected chi connectivity index (χ1v) is 18.2. The molecule has 0 unspecified atom stereocenters. The smallest absolute Gasteiger partial charge is 0.336 e. The zero-order valence-electron chi connectivity index (χ0n) is 30.2. The number of carbonyl (C=O) groups excluding carboxylic acids is 2. The molecule has 2 heterocycles. The van der Waals surface area contributed by atoms with Crippen LogP contribution in [-0.4, -0.2) is 128 Å². The highest BCUT2D eigenvalue weighted by atomic mass is 35.5. The quantitative estimate of drug-likeness (QED) is 0.165. The summed E-state index contributed by atoms with van der Waals surface area (Å²) in [4.78, 5) is 62.7. The van der Waals surface area contributed by atoms with Crippen molar-refractivity contribution in [3.05, 3.63) is 81.3 Å². The van der Waals surface area contributed by atoms with E-state index in [4.69, 9.17) is 43.6 Å². The summed E-state index contributed by atoms with van der Waals surface area (Å²) in [5, 5.41) is 49.0. The molecule has 2 aliphatic heterocycles. The number of piperidine rings is 1. The average molecular weight is 803 g/mol. The van der Waals surface area contributed by atoms with Crippen LogP contribution in [0.3, 0.4) is 0 Å². The molecular formula is C38H45Cl2N5O10. The topological polar surface area (TPSA) is 243 Å². The van der Waals surface area contributed by atoms with Crippen LogP contribution in [-0.2, 0) is 14.4 Å². The third kappa shape index (κ3) is 12.0. The van der Waals surface area contributed by atoms with Crippen molar-refractivity contribution in [1.82, 2.24) is 20.0 Å². The van der Waals surface area contributed by atoms with Crippen molar-refractivity contribution in [3.63, 3.8) is 0 Å². The van der Waals surface area contributed by atoms with E-state index in [0.717, 1.165) is 74.7 Å². The van der Waals surface area contributed by atoms with Gasteiger partial charge in [0.2, 0.25) is 0 Å². The van der Waals surface area contributed by atoms with Crippen molar-refractivity contribution in [3.8, 4) is 6.07 Å². The van der Waals surface area contributed by atoms with Crippen LogP contribution in [0.15, 0.2) is 54.6 Å². The first kappa shape index (κ1) is 44.4. The molecule has 0 aliphatic carbocycles. The van der Waals surface area contributed by atoms with Gasteiger partial charge in [-0.05, 0) is 72.8 Å². The monoisotopic (exact) mass is 801 g/mol. The minimum absolute atomic E-state index is 0. The van der Waals surface area contributed by atoms with Crippen LogP contribution in [0, 0.1) is 11.3 Å². The van der Waals surface area contributed by atoms with Crippen LogP contribution >= 0.6 is 23.2 Å². The van der Waals surface area contributed by atoms with Gasteiger partial charge in [-0.1, -0.05) is 53.5 Å². The lowest BCUT2D eigenvalue weighted by Gasteiger charge is -2.40. The van der Waals surface area contributed by atoms with Gasteiger partial charge in [0.1, 0.15) is 0 Å². The fraction of sp³-hybridized carbons (Fsp3) is 0.421. The van der Waals surface area contributed by atoms with Gasteiger partial charge in [-0.2, -0.15) is 5.26 Å². The summed E-state index contributed by atoms with van der Waals surface area (Å²) >= 11 is 12.6.